The van der Waals surface area contributed by atoms with Gasteiger partial charge in [-0.05, 0) is 51.5 Å². The Bertz CT molecular complexity index is 389. The molecule has 0 N–H and O–H groups in total. The summed E-state index contributed by atoms with van der Waals surface area (Å²) < 4.78 is 10.4. The van der Waals surface area contributed by atoms with Gasteiger partial charge in [0.1, 0.15) is 11.4 Å². The lowest BCUT2D eigenvalue weighted by Gasteiger charge is -2.20. The summed E-state index contributed by atoms with van der Waals surface area (Å²) in [7, 11) is 1.60. The van der Waals surface area contributed by atoms with Gasteiger partial charge in [-0.15, -0.1) is 0 Å². The fraction of sp³-hybridized carbons (Fsp3) is 0.462. The zero-order valence-electron chi connectivity index (χ0n) is 10.5. The third-order valence-corrected chi connectivity index (χ3v) is 2.05. The number of hydrogen-bond acceptors (Lipinski definition) is 3. The summed E-state index contributed by atoms with van der Waals surface area (Å²) in [4.78, 5) is 11.8. The first-order chi connectivity index (χ1) is 7.33. The first-order valence-electron chi connectivity index (χ1n) is 5.21. The molecule has 0 saturated heterocycles. The molecule has 0 saturated carbocycles. The standard InChI is InChI=1S/C13H18O3/c1-9-8-10(15-5)6-7-11(9)12(14)16-13(2,3)4/h6-8H,1-5H3. The van der Waals surface area contributed by atoms with Gasteiger partial charge in [-0.3, -0.25) is 0 Å². The maximum Gasteiger partial charge on any atom is 0.338 e. The van der Waals surface area contributed by atoms with Crippen molar-refractivity contribution in [3.8, 4) is 5.75 Å². The molecule has 0 spiro atoms. The minimum absolute atomic E-state index is 0.298. The van der Waals surface area contributed by atoms with Crippen molar-refractivity contribution in [2.45, 2.75) is 33.3 Å². The molecule has 0 bridgehead atoms. The zero-order valence-corrected chi connectivity index (χ0v) is 10.5. The van der Waals surface area contributed by atoms with Crippen LogP contribution in [0.2, 0.25) is 0 Å². The highest BCUT2D eigenvalue weighted by Gasteiger charge is 2.19. The van der Waals surface area contributed by atoms with E-state index in [0.717, 1.165) is 11.3 Å². The van der Waals surface area contributed by atoms with Crippen molar-refractivity contribution >= 4 is 5.97 Å². The van der Waals surface area contributed by atoms with Gasteiger partial charge in [0, 0.05) is 0 Å². The smallest absolute Gasteiger partial charge is 0.338 e. The molecule has 0 unspecified atom stereocenters. The van der Waals surface area contributed by atoms with E-state index in [4.69, 9.17) is 9.47 Å². The molecule has 1 aromatic carbocycles. The number of carbonyl (C=O) groups excluding carboxylic acids is 1. The van der Waals surface area contributed by atoms with E-state index in [0.29, 0.717) is 5.56 Å². The van der Waals surface area contributed by atoms with E-state index in [1.54, 1.807) is 19.2 Å². The molecular formula is C13H18O3. The Morgan fingerprint density at radius 1 is 1.25 bits per heavy atom. The lowest BCUT2D eigenvalue weighted by Crippen LogP contribution is -2.24. The van der Waals surface area contributed by atoms with Crippen LogP contribution in [0.5, 0.6) is 5.75 Å². The first kappa shape index (κ1) is 12.6. The van der Waals surface area contributed by atoms with Crippen LogP contribution in [-0.4, -0.2) is 18.7 Å². The Hall–Kier alpha value is -1.51. The Morgan fingerprint density at radius 2 is 1.88 bits per heavy atom. The van der Waals surface area contributed by atoms with Gasteiger partial charge >= 0.3 is 5.97 Å². The zero-order chi connectivity index (χ0) is 12.3. The highest BCUT2D eigenvalue weighted by atomic mass is 16.6. The summed E-state index contributed by atoms with van der Waals surface area (Å²) in [6.45, 7) is 7.42. The molecule has 88 valence electrons. The molecule has 1 rings (SSSR count). The highest BCUT2D eigenvalue weighted by molar-refractivity contribution is 5.91. The summed E-state index contributed by atoms with van der Waals surface area (Å²) in [6.07, 6.45) is 0. The van der Waals surface area contributed by atoms with Gasteiger partial charge in [0.25, 0.3) is 0 Å². The molecule has 0 aliphatic heterocycles. The van der Waals surface area contributed by atoms with Crippen molar-refractivity contribution in [1.82, 2.24) is 0 Å². The summed E-state index contributed by atoms with van der Waals surface area (Å²) in [6, 6.07) is 5.30. The first-order valence-corrected chi connectivity index (χ1v) is 5.21. The van der Waals surface area contributed by atoms with Crippen LogP contribution in [0.25, 0.3) is 0 Å². The maximum absolute atomic E-state index is 11.8. The second-order valence-electron chi connectivity index (χ2n) is 4.68. The maximum atomic E-state index is 11.8. The van der Waals surface area contributed by atoms with Crippen LogP contribution in [0.1, 0.15) is 36.7 Å². The fourth-order valence-electron chi connectivity index (χ4n) is 1.33. The van der Waals surface area contributed by atoms with E-state index in [2.05, 4.69) is 0 Å². The average Bonchev–Trinajstić information content (AvgIpc) is 2.14. The number of rotatable bonds is 2. The number of carbonyl (C=O) groups is 1. The lowest BCUT2D eigenvalue weighted by molar-refractivity contribution is 0.00688. The van der Waals surface area contributed by atoms with Gasteiger partial charge in [0.15, 0.2) is 0 Å². The van der Waals surface area contributed by atoms with E-state index >= 15 is 0 Å². The second-order valence-corrected chi connectivity index (χ2v) is 4.68. The fourth-order valence-corrected chi connectivity index (χ4v) is 1.33. The van der Waals surface area contributed by atoms with Gasteiger partial charge in [-0.2, -0.15) is 0 Å². The number of aryl methyl sites for hydroxylation is 1. The van der Waals surface area contributed by atoms with Gasteiger partial charge < -0.3 is 9.47 Å². The van der Waals surface area contributed by atoms with Crippen molar-refractivity contribution in [3.05, 3.63) is 29.3 Å². The van der Waals surface area contributed by atoms with Crippen molar-refractivity contribution in [2.75, 3.05) is 7.11 Å². The monoisotopic (exact) mass is 222 g/mol. The van der Waals surface area contributed by atoms with E-state index in [1.807, 2.05) is 33.8 Å². The van der Waals surface area contributed by atoms with Crippen LogP contribution < -0.4 is 4.74 Å². The van der Waals surface area contributed by atoms with Crippen molar-refractivity contribution in [3.63, 3.8) is 0 Å². The molecule has 0 radical (unpaired) electrons. The molecule has 0 aliphatic rings. The largest absolute Gasteiger partial charge is 0.497 e. The van der Waals surface area contributed by atoms with Crippen LogP contribution in [0.3, 0.4) is 0 Å². The Balaban J connectivity index is 2.93. The summed E-state index contributed by atoms with van der Waals surface area (Å²) in [5.41, 5.74) is 0.966. The average molecular weight is 222 g/mol. The van der Waals surface area contributed by atoms with Crippen LogP contribution >= 0.6 is 0 Å². The predicted molar refractivity (Wildman–Crippen MR) is 62.9 cm³/mol. The molecule has 0 atom stereocenters. The van der Waals surface area contributed by atoms with Crippen LogP contribution in [0.15, 0.2) is 18.2 Å². The molecular weight excluding hydrogens is 204 g/mol. The lowest BCUT2D eigenvalue weighted by atomic mass is 10.1. The molecule has 0 heterocycles. The SMILES string of the molecule is COc1ccc(C(=O)OC(C)(C)C)c(C)c1. The van der Waals surface area contributed by atoms with E-state index < -0.39 is 5.60 Å². The number of benzene rings is 1. The van der Waals surface area contributed by atoms with E-state index in [1.165, 1.54) is 0 Å². The van der Waals surface area contributed by atoms with Gasteiger partial charge in [-0.25, -0.2) is 4.79 Å². The quantitative estimate of drug-likeness (QED) is 0.722. The van der Waals surface area contributed by atoms with Gasteiger partial charge in [-0.1, -0.05) is 0 Å². The third kappa shape index (κ3) is 3.26. The normalized spacial score (nSPS) is 11.1. The van der Waals surface area contributed by atoms with Crippen LogP contribution in [0.4, 0.5) is 0 Å². The molecule has 0 fully saturated rings. The summed E-state index contributed by atoms with van der Waals surface area (Å²) >= 11 is 0. The predicted octanol–water partition coefficient (Wildman–Crippen LogP) is 2.96. The van der Waals surface area contributed by atoms with E-state index in [9.17, 15) is 4.79 Å². The molecule has 1 aromatic rings. The Labute approximate surface area is 96.4 Å². The number of ether oxygens (including phenoxy) is 2. The number of hydrogen-bond donors (Lipinski definition) is 0. The highest BCUT2D eigenvalue weighted by Crippen LogP contribution is 2.19. The molecule has 3 heteroatoms. The van der Waals surface area contributed by atoms with Crippen LogP contribution in [0, 0.1) is 6.92 Å². The topological polar surface area (TPSA) is 35.5 Å². The van der Waals surface area contributed by atoms with Crippen molar-refractivity contribution in [2.24, 2.45) is 0 Å². The number of esters is 1. The summed E-state index contributed by atoms with van der Waals surface area (Å²) in [5.74, 6) is 0.442. The van der Waals surface area contributed by atoms with Crippen molar-refractivity contribution < 1.29 is 14.3 Å². The van der Waals surface area contributed by atoms with Crippen molar-refractivity contribution in [1.29, 1.82) is 0 Å². The molecule has 0 aromatic heterocycles. The summed E-state index contributed by atoms with van der Waals surface area (Å²) in [5, 5.41) is 0. The molecule has 16 heavy (non-hydrogen) atoms. The molecule has 3 nitrogen and oxygen atoms in total. The van der Waals surface area contributed by atoms with E-state index in [-0.39, 0.29) is 5.97 Å². The third-order valence-electron chi connectivity index (χ3n) is 2.05. The van der Waals surface area contributed by atoms with Gasteiger partial charge in [0.05, 0.1) is 12.7 Å². The Kier molecular flexibility index (Phi) is 3.58. The minimum atomic E-state index is -0.469. The van der Waals surface area contributed by atoms with Crippen LogP contribution in [-0.2, 0) is 4.74 Å². The molecule has 0 amide bonds. The number of methoxy groups -OCH3 is 1. The minimum Gasteiger partial charge on any atom is -0.497 e. The van der Waals surface area contributed by atoms with Gasteiger partial charge in [0.2, 0.25) is 0 Å². The Morgan fingerprint density at radius 3 is 2.31 bits per heavy atom. The molecule has 0 aliphatic carbocycles. The second kappa shape index (κ2) is 4.56.